The van der Waals surface area contributed by atoms with Crippen molar-refractivity contribution in [3.8, 4) is 0 Å². The molecule has 0 bridgehead atoms. The second-order valence-corrected chi connectivity index (χ2v) is 8.93. The Morgan fingerprint density at radius 3 is 2.55 bits per heavy atom. The van der Waals surface area contributed by atoms with Crippen molar-refractivity contribution in [1.82, 2.24) is 24.7 Å². The zero-order valence-corrected chi connectivity index (χ0v) is 19.1. The number of hydrogen-bond acceptors (Lipinski definition) is 7. The van der Waals surface area contributed by atoms with Crippen LogP contribution in [0, 0.1) is 13.8 Å². The number of nitrogens with one attached hydrogen (secondary N) is 1. The monoisotopic (exact) mass is 450 g/mol. The Bertz CT molecular complexity index is 1210. The molecule has 2 aromatic heterocycles. The van der Waals surface area contributed by atoms with Gasteiger partial charge in [-0.3, -0.25) is 4.79 Å². The summed E-state index contributed by atoms with van der Waals surface area (Å²) in [5.74, 6) is 1.59. The highest BCUT2D eigenvalue weighted by Crippen LogP contribution is 2.25. The highest BCUT2D eigenvalue weighted by molar-refractivity contribution is 7.99. The second kappa shape index (κ2) is 9.49. The summed E-state index contributed by atoms with van der Waals surface area (Å²) in [6.45, 7) is 3.91. The molecule has 0 unspecified atom stereocenters. The van der Waals surface area contributed by atoms with Crippen molar-refractivity contribution in [3.05, 3.63) is 65.7 Å². The van der Waals surface area contributed by atoms with E-state index in [1.54, 1.807) is 0 Å². The van der Waals surface area contributed by atoms with Crippen molar-refractivity contribution in [2.45, 2.75) is 29.9 Å². The number of amides is 1. The number of hydrogen-bond donors (Lipinski definition) is 1. The molecule has 0 aliphatic heterocycles. The molecule has 7 nitrogen and oxygen atoms in total. The van der Waals surface area contributed by atoms with Gasteiger partial charge in [0.1, 0.15) is 5.82 Å². The van der Waals surface area contributed by atoms with E-state index in [4.69, 9.17) is 0 Å². The number of carbonyl (C=O) groups excluding carboxylic acids is 1. The third kappa shape index (κ3) is 5.23. The number of rotatable bonds is 7. The highest BCUT2D eigenvalue weighted by atomic mass is 32.2. The molecule has 4 rings (SSSR count). The van der Waals surface area contributed by atoms with E-state index < -0.39 is 0 Å². The van der Waals surface area contributed by atoms with Gasteiger partial charge in [-0.05, 0) is 31.4 Å². The maximum atomic E-state index is 12.5. The third-order valence-corrected chi connectivity index (χ3v) is 6.48. The fraction of sp³-hybridized carbons (Fsp3) is 0.227. The maximum Gasteiger partial charge on any atom is 0.234 e. The zero-order chi connectivity index (χ0) is 21.8. The minimum atomic E-state index is -0.0797. The summed E-state index contributed by atoms with van der Waals surface area (Å²) >= 11 is 2.89. The van der Waals surface area contributed by atoms with Crippen LogP contribution < -0.4 is 5.32 Å². The first-order valence-corrected chi connectivity index (χ1v) is 11.7. The van der Waals surface area contributed by atoms with Gasteiger partial charge >= 0.3 is 0 Å². The molecule has 0 spiro atoms. The number of benzene rings is 2. The lowest BCUT2D eigenvalue weighted by Crippen LogP contribution is -2.14. The highest BCUT2D eigenvalue weighted by Gasteiger charge is 2.13. The number of nitrogens with zero attached hydrogens (tertiary/aromatic N) is 5. The molecule has 1 N–H and O–H groups in total. The quantitative estimate of drug-likeness (QED) is 0.330. The molecule has 0 saturated heterocycles. The number of aryl methyl sites for hydroxylation is 2. The maximum absolute atomic E-state index is 12.5. The Morgan fingerprint density at radius 1 is 1.00 bits per heavy atom. The van der Waals surface area contributed by atoms with Crippen LogP contribution in [-0.4, -0.2) is 36.4 Å². The van der Waals surface area contributed by atoms with Gasteiger partial charge in [-0.25, -0.2) is 9.97 Å². The van der Waals surface area contributed by atoms with Crippen LogP contribution in [0.5, 0.6) is 0 Å². The molecule has 0 aliphatic carbocycles. The average molecular weight is 451 g/mol. The smallest absolute Gasteiger partial charge is 0.234 e. The first kappa shape index (κ1) is 21.3. The second-order valence-electron chi connectivity index (χ2n) is 7.04. The summed E-state index contributed by atoms with van der Waals surface area (Å²) < 4.78 is 1.91. The van der Waals surface area contributed by atoms with Crippen molar-refractivity contribution in [2.24, 2.45) is 7.05 Å². The van der Waals surface area contributed by atoms with E-state index in [-0.39, 0.29) is 11.7 Å². The van der Waals surface area contributed by atoms with E-state index in [0.29, 0.717) is 10.9 Å². The molecule has 158 valence electrons. The van der Waals surface area contributed by atoms with E-state index in [9.17, 15) is 4.79 Å². The van der Waals surface area contributed by atoms with Gasteiger partial charge in [0.25, 0.3) is 0 Å². The Kier molecular flexibility index (Phi) is 6.53. The summed E-state index contributed by atoms with van der Waals surface area (Å²) in [4.78, 5) is 21.4. The SMILES string of the molecule is Cc1cc(C)nc(SCc2nnc(SCC(=O)Nc3cccc4ccccc34)n2C)n1. The van der Waals surface area contributed by atoms with Crippen molar-refractivity contribution in [1.29, 1.82) is 0 Å². The van der Waals surface area contributed by atoms with Crippen molar-refractivity contribution < 1.29 is 4.79 Å². The van der Waals surface area contributed by atoms with Gasteiger partial charge in [0.05, 0.1) is 11.5 Å². The van der Waals surface area contributed by atoms with Crippen molar-refractivity contribution in [3.63, 3.8) is 0 Å². The average Bonchev–Trinajstić information content (AvgIpc) is 3.10. The number of fused-ring (bicyclic) bond motifs is 1. The van der Waals surface area contributed by atoms with Gasteiger partial charge < -0.3 is 9.88 Å². The van der Waals surface area contributed by atoms with Crippen LogP contribution in [0.2, 0.25) is 0 Å². The van der Waals surface area contributed by atoms with Crippen LogP contribution in [0.25, 0.3) is 10.8 Å². The molecule has 1 amide bonds. The molecule has 0 atom stereocenters. The topological polar surface area (TPSA) is 85.6 Å². The first-order valence-electron chi connectivity index (χ1n) is 9.73. The van der Waals surface area contributed by atoms with Gasteiger partial charge in [0.2, 0.25) is 5.91 Å². The van der Waals surface area contributed by atoms with Crippen molar-refractivity contribution >= 4 is 45.9 Å². The van der Waals surface area contributed by atoms with E-state index in [0.717, 1.165) is 38.8 Å². The Balaban J connectivity index is 1.35. The molecule has 0 saturated carbocycles. The largest absolute Gasteiger partial charge is 0.325 e. The molecule has 9 heteroatoms. The fourth-order valence-electron chi connectivity index (χ4n) is 3.13. The predicted octanol–water partition coefficient (Wildman–Crippen LogP) is 4.40. The molecule has 0 aliphatic rings. The van der Waals surface area contributed by atoms with Crippen LogP contribution >= 0.6 is 23.5 Å². The number of thioether (sulfide) groups is 2. The summed E-state index contributed by atoms with van der Waals surface area (Å²) in [5, 5.41) is 15.0. The summed E-state index contributed by atoms with van der Waals surface area (Å²) in [6.07, 6.45) is 0. The molecule has 0 radical (unpaired) electrons. The van der Waals surface area contributed by atoms with E-state index in [1.165, 1.54) is 23.5 Å². The number of anilines is 1. The van der Waals surface area contributed by atoms with Crippen LogP contribution in [-0.2, 0) is 17.6 Å². The van der Waals surface area contributed by atoms with Gasteiger partial charge in [-0.2, -0.15) is 0 Å². The summed E-state index contributed by atoms with van der Waals surface area (Å²) in [7, 11) is 1.91. The van der Waals surface area contributed by atoms with Gasteiger partial charge in [0.15, 0.2) is 10.3 Å². The molecule has 31 heavy (non-hydrogen) atoms. The molecule has 2 aromatic carbocycles. The third-order valence-electron chi connectivity index (χ3n) is 4.61. The standard InChI is InChI=1S/C22H22N6OS2/c1-14-11-15(2)24-21(23-14)30-12-19-26-27-22(28(19)3)31-13-20(29)25-18-10-6-8-16-7-4-5-9-17(16)18/h4-11H,12-13H2,1-3H3,(H,25,29). The Labute approximate surface area is 189 Å². The van der Waals surface area contributed by atoms with Crippen LogP contribution in [0.3, 0.4) is 0 Å². The van der Waals surface area contributed by atoms with Crippen LogP contribution in [0.4, 0.5) is 5.69 Å². The van der Waals surface area contributed by atoms with Crippen LogP contribution in [0.1, 0.15) is 17.2 Å². The molecule has 2 heterocycles. The first-order chi connectivity index (χ1) is 15.0. The van der Waals surface area contributed by atoms with Gasteiger partial charge in [-0.1, -0.05) is 59.9 Å². The molecule has 4 aromatic rings. The minimum Gasteiger partial charge on any atom is -0.325 e. The molecular weight excluding hydrogens is 428 g/mol. The van der Waals surface area contributed by atoms with Crippen LogP contribution in [0.15, 0.2) is 58.8 Å². The lowest BCUT2D eigenvalue weighted by atomic mass is 10.1. The lowest BCUT2D eigenvalue weighted by molar-refractivity contribution is -0.113. The lowest BCUT2D eigenvalue weighted by Gasteiger charge is -2.08. The molecule has 0 fully saturated rings. The predicted molar refractivity (Wildman–Crippen MR) is 125 cm³/mol. The fourth-order valence-corrected chi connectivity index (χ4v) is 4.79. The van der Waals surface area contributed by atoms with Crippen molar-refractivity contribution in [2.75, 3.05) is 11.1 Å². The van der Waals surface area contributed by atoms with E-state index >= 15 is 0 Å². The Hall–Kier alpha value is -2.91. The van der Waals surface area contributed by atoms with E-state index in [1.807, 2.05) is 74.0 Å². The number of aromatic nitrogens is 5. The van der Waals surface area contributed by atoms with E-state index in [2.05, 4.69) is 25.5 Å². The summed E-state index contributed by atoms with van der Waals surface area (Å²) in [5.41, 5.74) is 2.70. The zero-order valence-electron chi connectivity index (χ0n) is 17.5. The summed E-state index contributed by atoms with van der Waals surface area (Å²) in [6, 6.07) is 15.8. The minimum absolute atomic E-state index is 0.0797. The number of carbonyl (C=O) groups is 1. The Morgan fingerprint density at radius 2 is 1.74 bits per heavy atom. The van der Waals surface area contributed by atoms with Gasteiger partial charge in [0, 0.05) is 29.5 Å². The normalized spacial score (nSPS) is 11.1. The molecular formula is C22H22N6OS2. The van der Waals surface area contributed by atoms with Gasteiger partial charge in [-0.15, -0.1) is 10.2 Å².